The second kappa shape index (κ2) is 8.89. The first-order chi connectivity index (χ1) is 15.6. The molecular weight excluding hydrogens is 447 g/mol. The maximum absolute atomic E-state index is 14.3. The minimum atomic E-state index is -4.74. The zero-order valence-electron chi connectivity index (χ0n) is 20.0. The van der Waals surface area contributed by atoms with Crippen LogP contribution in [0.3, 0.4) is 0 Å². The van der Waals surface area contributed by atoms with Crippen molar-refractivity contribution in [1.82, 2.24) is 4.98 Å². The number of benzene rings is 2. The van der Waals surface area contributed by atoms with E-state index in [1.807, 2.05) is 0 Å². The number of hydrogen-bond acceptors (Lipinski definition) is 5. The van der Waals surface area contributed by atoms with Gasteiger partial charge in [0, 0.05) is 17.0 Å². The molecule has 3 aromatic rings. The lowest BCUT2D eigenvalue weighted by Gasteiger charge is -2.27. The van der Waals surface area contributed by atoms with Crippen molar-refractivity contribution in [2.45, 2.75) is 65.3 Å². The van der Waals surface area contributed by atoms with E-state index >= 15 is 0 Å². The average molecular weight is 476 g/mol. The maximum atomic E-state index is 14.3. The zero-order chi connectivity index (χ0) is 25.5. The number of hydrogen-bond donors (Lipinski definition) is 0. The predicted octanol–water partition coefficient (Wildman–Crippen LogP) is 6.25. The number of aromatic nitrogens is 1. The number of esters is 2. The number of carbonyl (C=O) groups excluding carboxylic acids is 2. The van der Waals surface area contributed by atoms with Gasteiger partial charge < -0.3 is 9.47 Å². The molecule has 0 bridgehead atoms. The Kier molecular flexibility index (Phi) is 6.66. The van der Waals surface area contributed by atoms with Crippen LogP contribution in [0.5, 0.6) is 0 Å². The first-order valence-corrected chi connectivity index (χ1v) is 10.9. The Morgan fingerprint density at radius 1 is 0.853 bits per heavy atom. The van der Waals surface area contributed by atoms with Crippen molar-refractivity contribution in [3.63, 3.8) is 0 Å². The summed E-state index contributed by atoms with van der Waals surface area (Å²) in [5.41, 5.74) is -2.90. The van der Waals surface area contributed by atoms with Gasteiger partial charge in [-0.3, -0.25) is 14.6 Å². The minimum Gasteiger partial charge on any atom is -0.459 e. The van der Waals surface area contributed by atoms with Gasteiger partial charge >= 0.3 is 18.1 Å². The third-order valence-electron chi connectivity index (χ3n) is 4.93. The number of rotatable bonds is 4. The van der Waals surface area contributed by atoms with E-state index < -0.39 is 47.2 Å². The monoisotopic (exact) mass is 475 g/mol. The van der Waals surface area contributed by atoms with E-state index in [0.29, 0.717) is 5.39 Å². The first kappa shape index (κ1) is 25.5. The summed E-state index contributed by atoms with van der Waals surface area (Å²) in [6, 6.07) is 9.98. The molecule has 0 spiro atoms. The summed E-state index contributed by atoms with van der Waals surface area (Å²) >= 11 is 0. The van der Waals surface area contributed by atoms with E-state index in [9.17, 15) is 22.8 Å². The van der Waals surface area contributed by atoms with Gasteiger partial charge in [-0.1, -0.05) is 36.4 Å². The summed E-state index contributed by atoms with van der Waals surface area (Å²) < 4.78 is 53.6. The van der Waals surface area contributed by atoms with Crippen molar-refractivity contribution in [3.05, 3.63) is 53.7 Å². The highest BCUT2D eigenvalue weighted by Crippen LogP contribution is 2.39. The summed E-state index contributed by atoms with van der Waals surface area (Å²) in [6.45, 7) is 9.67. The van der Waals surface area contributed by atoms with Gasteiger partial charge in [0.2, 0.25) is 0 Å². The van der Waals surface area contributed by atoms with Gasteiger partial charge in [0.25, 0.3) is 0 Å². The van der Waals surface area contributed by atoms with Crippen LogP contribution in [0.25, 0.3) is 21.7 Å². The SMILES string of the molecule is CC(C)(C)OC(=O)C(Cc1cnc2c(ccc3ccccc32)c1C(F)(F)F)C(=O)OC(C)(C)C. The van der Waals surface area contributed by atoms with Crippen LogP contribution in [-0.2, 0) is 31.7 Å². The second-order valence-electron chi connectivity index (χ2n) is 10.2. The van der Waals surface area contributed by atoms with E-state index in [0.717, 1.165) is 11.6 Å². The Morgan fingerprint density at radius 3 is 1.94 bits per heavy atom. The topological polar surface area (TPSA) is 65.5 Å². The fraction of sp³-hybridized carbons (Fsp3) is 0.423. The molecule has 0 radical (unpaired) electrons. The Hall–Kier alpha value is -3.16. The van der Waals surface area contributed by atoms with E-state index in [2.05, 4.69) is 4.98 Å². The lowest BCUT2D eigenvalue weighted by molar-refractivity contribution is -0.174. The zero-order valence-corrected chi connectivity index (χ0v) is 20.0. The summed E-state index contributed by atoms with van der Waals surface area (Å²) in [5.74, 6) is -3.48. The average Bonchev–Trinajstić information content (AvgIpc) is 2.67. The third kappa shape index (κ3) is 5.85. The fourth-order valence-electron chi connectivity index (χ4n) is 3.69. The molecule has 1 aromatic heterocycles. The largest absolute Gasteiger partial charge is 0.459 e. The number of nitrogens with zero attached hydrogens (tertiary/aromatic N) is 1. The van der Waals surface area contributed by atoms with Crippen molar-refractivity contribution in [2.75, 3.05) is 0 Å². The molecule has 0 N–H and O–H groups in total. The van der Waals surface area contributed by atoms with Crippen LogP contribution in [0.15, 0.2) is 42.6 Å². The first-order valence-electron chi connectivity index (χ1n) is 10.9. The summed E-state index contributed by atoms with van der Waals surface area (Å²) in [7, 11) is 0. The Bertz CT molecular complexity index is 1210. The third-order valence-corrected chi connectivity index (χ3v) is 4.93. The smallest absolute Gasteiger partial charge is 0.417 e. The number of fused-ring (bicyclic) bond motifs is 3. The van der Waals surface area contributed by atoms with Crippen molar-refractivity contribution >= 4 is 33.6 Å². The Balaban J connectivity index is 2.16. The molecule has 0 amide bonds. The number of halogens is 3. The Labute approximate surface area is 196 Å². The van der Waals surface area contributed by atoms with Crippen molar-refractivity contribution < 1.29 is 32.2 Å². The van der Waals surface area contributed by atoms with Crippen LogP contribution < -0.4 is 0 Å². The van der Waals surface area contributed by atoms with E-state index in [-0.39, 0.29) is 16.5 Å². The number of ether oxygens (including phenoxy) is 2. The molecule has 0 aliphatic rings. The van der Waals surface area contributed by atoms with Gasteiger partial charge in [-0.2, -0.15) is 13.2 Å². The van der Waals surface area contributed by atoms with Gasteiger partial charge in [0.1, 0.15) is 11.2 Å². The Morgan fingerprint density at radius 2 is 1.41 bits per heavy atom. The minimum absolute atomic E-state index is 0.101. The number of carbonyl (C=O) groups is 2. The molecule has 0 atom stereocenters. The summed E-state index contributed by atoms with van der Waals surface area (Å²) in [4.78, 5) is 30.0. The highest BCUT2D eigenvalue weighted by Gasteiger charge is 2.40. The molecule has 1 heterocycles. The molecular formula is C26H28F3NO4. The summed E-state index contributed by atoms with van der Waals surface area (Å²) in [5, 5.41) is 1.23. The van der Waals surface area contributed by atoms with E-state index in [1.165, 1.54) is 6.07 Å². The van der Waals surface area contributed by atoms with Crippen LogP contribution in [-0.4, -0.2) is 28.1 Å². The van der Waals surface area contributed by atoms with E-state index in [4.69, 9.17) is 9.47 Å². The molecule has 3 rings (SSSR count). The lowest BCUT2D eigenvalue weighted by atomic mass is 9.92. The number of alkyl halides is 3. The normalized spacial score (nSPS) is 12.9. The maximum Gasteiger partial charge on any atom is 0.417 e. The fourth-order valence-corrected chi connectivity index (χ4v) is 3.69. The molecule has 0 saturated carbocycles. The van der Waals surface area contributed by atoms with Crippen LogP contribution in [0, 0.1) is 5.92 Å². The standard InChI is InChI=1S/C26H28F3NO4/c1-24(2,3)33-22(31)19(23(32)34-25(4,5)6)13-16-14-30-21-17-10-8-7-9-15(17)11-12-18(21)20(16)26(27,28)29/h7-12,14,19H,13H2,1-6H3. The van der Waals surface area contributed by atoms with Gasteiger partial charge in [-0.15, -0.1) is 0 Å². The van der Waals surface area contributed by atoms with E-state index in [1.54, 1.807) is 71.9 Å². The van der Waals surface area contributed by atoms with Crippen molar-refractivity contribution in [1.29, 1.82) is 0 Å². The molecule has 0 aliphatic carbocycles. The quantitative estimate of drug-likeness (QED) is 0.254. The lowest BCUT2D eigenvalue weighted by Crippen LogP contribution is -2.38. The molecule has 0 unspecified atom stereocenters. The highest BCUT2D eigenvalue weighted by atomic mass is 19.4. The second-order valence-corrected chi connectivity index (χ2v) is 10.2. The van der Waals surface area contributed by atoms with Crippen LogP contribution in [0.4, 0.5) is 13.2 Å². The van der Waals surface area contributed by atoms with Crippen LogP contribution >= 0.6 is 0 Å². The van der Waals surface area contributed by atoms with Gasteiger partial charge in [-0.05, 0) is 58.9 Å². The molecule has 0 fully saturated rings. The predicted molar refractivity (Wildman–Crippen MR) is 123 cm³/mol. The molecule has 182 valence electrons. The summed E-state index contributed by atoms with van der Waals surface area (Å²) in [6.07, 6.45) is -4.22. The van der Waals surface area contributed by atoms with Crippen molar-refractivity contribution in [3.8, 4) is 0 Å². The van der Waals surface area contributed by atoms with Gasteiger partial charge in [0.05, 0.1) is 11.1 Å². The molecule has 5 nitrogen and oxygen atoms in total. The highest BCUT2D eigenvalue weighted by molar-refractivity contribution is 6.06. The molecule has 2 aromatic carbocycles. The number of pyridine rings is 1. The molecule has 0 aliphatic heterocycles. The molecule has 8 heteroatoms. The van der Waals surface area contributed by atoms with Crippen LogP contribution in [0.1, 0.15) is 52.7 Å². The van der Waals surface area contributed by atoms with Crippen LogP contribution in [0.2, 0.25) is 0 Å². The molecule has 0 saturated heterocycles. The molecule has 34 heavy (non-hydrogen) atoms. The van der Waals surface area contributed by atoms with Crippen molar-refractivity contribution in [2.24, 2.45) is 5.92 Å². The van der Waals surface area contributed by atoms with Gasteiger partial charge in [0.15, 0.2) is 5.92 Å². The van der Waals surface area contributed by atoms with Gasteiger partial charge in [-0.25, -0.2) is 0 Å².